The van der Waals surface area contributed by atoms with E-state index >= 15 is 0 Å². The van der Waals surface area contributed by atoms with Crippen molar-refractivity contribution in [1.82, 2.24) is 9.97 Å². The van der Waals surface area contributed by atoms with Gasteiger partial charge in [-0.25, -0.2) is 4.98 Å². The molecule has 3 aromatic carbocycles. The molecule has 4 aromatic rings. The van der Waals surface area contributed by atoms with Crippen molar-refractivity contribution in [2.24, 2.45) is 5.73 Å². The lowest BCUT2D eigenvalue weighted by atomic mass is 10.0. The van der Waals surface area contributed by atoms with Gasteiger partial charge in [0.2, 0.25) is 0 Å². The number of nitrogens with one attached hydrogen (secondary N) is 1. The molecule has 0 radical (unpaired) electrons. The Bertz CT molecular complexity index is 932. The molecule has 102 valence electrons. The Kier molecular flexibility index (Phi) is 2.72. The molecule has 0 fully saturated rings. The van der Waals surface area contributed by atoms with Gasteiger partial charge in [-0.1, -0.05) is 54.6 Å². The number of fused-ring (bicyclic) bond motifs is 2. The normalized spacial score (nSPS) is 11.3. The van der Waals surface area contributed by atoms with Crippen molar-refractivity contribution in [3.8, 4) is 11.4 Å². The number of benzene rings is 3. The van der Waals surface area contributed by atoms with Gasteiger partial charge < -0.3 is 10.7 Å². The van der Waals surface area contributed by atoms with Gasteiger partial charge in [0, 0.05) is 12.1 Å². The minimum atomic E-state index is 0.497. The van der Waals surface area contributed by atoms with E-state index in [9.17, 15) is 0 Å². The van der Waals surface area contributed by atoms with Crippen molar-refractivity contribution in [1.29, 1.82) is 0 Å². The molecule has 0 saturated heterocycles. The fourth-order valence-electron chi connectivity index (χ4n) is 2.82. The molecule has 0 amide bonds. The zero-order valence-electron chi connectivity index (χ0n) is 11.5. The number of aromatic amines is 1. The molecule has 0 unspecified atom stereocenters. The highest BCUT2D eigenvalue weighted by molar-refractivity contribution is 5.96. The van der Waals surface area contributed by atoms with Crippen molar-refractivity contribution < 1.29 is 0 Å². The third-order valence-electron chi connectivity index (χ3n) is 3.86. The molecule has 3 nitrogen and oxygen atoms in total. The Hall–Kier alpha value is -2.65. The molecule has 3 N–H and O–H groups in total. The Labute approximate surface area is 122 Å². The monoisotopic (exact) mass is 273 g/mol. The molecular formula is C18H15N3. The molecule has 0 atom stereocenters. The van der Waals surface area contributed by atoms with Gasteiger partial charge >= 0.3 is 0 Å². The maximum atomic E-state index is 5.80. The summed E-state index contributed by atoms with van der Waals surface area (Å²) in [6.45, 7) is 0.497. The van der Waals surface area contributed by atoms with Crippen LogP contribution in [-0.2, 0) is 6.54 Å². The lowest BCUT2D eigenvalue weighted by Gasteiger charge is -2.03. The topological polar surface area (TPSA) is 54.7 Å². The van der Waals surface area contributed by atoms with E-state index in [1.165, 1.54) is 10.8 Å². The van der Waals surface area contributed by atoms with E-state index in [-0.39, 0.29) is 0 Å². The fourth-order valence-corrected chi connectivity index (χ4v) is 2.82. The number of rotatable bonds is 2. The summed E-state index contributed by atoms with van der Waals surface area (Å²) in [4.78, 5) is 8.18. The van der Waals surface area contributed by atoms with Crippen LogP contribution in [0.25, 0.3) is 33.2 Å². The number of H-pyrrole nitrogens is 1. The molecule has 4 rings (SSSR count). The van der Waals surface area contributed by atoms with Gasteiger partial charge in [0.05, 0.1) is 11.0 Å². The summed E-state index contributed by atoms with van der Waals surface area (Å²) in [6, 6.07) is 20.7. The second-order valence-electron chi connectivity index (χ2n) is 5.13. The van der Waals surface area contributed by atoms with Crippen molar-refractivity contribution >= 4 is 21.8 Å². The number of nitrogens with zero attached hydrogens (tertiary/aromatic N) is 1. The second kappa shape index (κ2) is 4.72. The standard InChI is InChI=1S/C18H15N3/c19-11-13-7-4-10-16-17(13)21-18(20-16)15-9-3-6-12-5-1-2-8-14(12)15/h1-10H,11,19H2,(H,20,21). The van der Waals surface area contributed by atoms with E-state index in [2.05, 4.69) is 47.4 Å². The van der Waals surface area contributed by atoms with Gasteiger partial charge in [-0.05, 0) is 22.4 Å². The predicted octanol–water partition coefficient (Wildman–Crippen LogP) is 3.84. The van der Waals surface area contributed by atoms with Crippen molar-refractivity contribution in [3.63, 3.8) is 0 Å². The van der Waals surface area contributed by atoms with E-state index < -0.39 is 0 Å². The van der Waals surface area contributed by atoms with Crippen LogP contribution in [0.5, 0.6) is 0 Å². The predicted molar refractivity (Wildman–Crippen MR) is 86.9 cm³/mol. The van der Waals surface area contributed by atoms with Crippen LogP contribution in [0, 0.1) is 0 Å². The maximum absolute atomic E-state index is 5.80. The van der Waals surface area contributed by atoms with Crippen molar-refractivity contribution in [3.05, 3.63) is 66.2 Å². The molecule has 0 aliphatic rings. The first-order valence-corrected chi connectivity index (χ1v) is 7.02. The molecule has 21 heavy (non-hydrogen) atoms. The first kappa shape index (κ1) is 12.1. The summed E-state index contributed by atoms with van der Waals surface area (Å²) in [7, 11) is 0. The third-order valence-corrected chi connectivity index (χ3v) is 3.86. The fraction of sp³-hybridized carbons (Fsp3) is 0.0556. The summed E-state index contributed by atoms with van der Waals surface area (Å²) >= 11 is 0. The van der Waals surface area contributed by atoms with Gasteiger partial charge in [0.1, 0.15) is 5.82 Å². The summed E-state index contributed by atoms with van der Waals surface area (Å²) in [5.41, 5.74) is 9.97. The van der Waals surface area contributed by atoms with Crippen LogP contribution in [0.15, 0.2) is 60.7 Å². The molecule has 1 aromatic heterocycles. The first-order chi connectivity index (χ1) is 10.4. The number of para-hydroxylation sites is 1. The van der Waals surface area contributed by atoms with Crippen LogP contribution in [0.1, 0.15) is 5.56 Å². The SMILES string of the molecule is NCc1cccc2[nH]c(-c3cccc4ccccc34)nc12. The minimum Gasteiger partial charge on any atom is -0.338 e. The summed E-state index contributed by atoms with van der Waals surface area (Å²) in [5.74, 6) is 0.891. The zero-order chi connectivity index (χ0) is 14.2. The zero-order valence-corrected chi connectivity index (χ0v) is 11.5. The minimum absolute atomic E-state index is 0.497. The van der Waals surface area contributed by atoms with E-state index in [4.69, 9.17) is 10.7 Å². The number of hydrogen-bond acceptors (Lipinski definition) is 2. The average molecular weight is 273 g/mol. The Morgan fingerprint density at radius 2 is 1.71 bits per heavy atom. The molecule has 0 spiro atoms. The van der Waals surface area contributed by atoms with Gasteiger partial charge in [0.25, 0.3) is 0 Å². The molecule has 3 heteroatoms. The number of nitrogens with two attached hydrogens (primary N) is 1. The van der Waals surface area contributed by atoms with Crippen LogP contribution >= 0.6 is 0 Å². The molecule has 0 aliphatic heterocycles. The lowest BCUT2D eigenvalue weighted by Crippen LogP contribution is -1.96. The van der Waals surface area contributed by atoms with Crippen molar-refractivity contribution in [2.75, 3.05) is 0 Å². The molecule has 1 heterocycles. The summed E-state index contributed by atoms with van der Waals surface area (Å²) in [5, 5.41) is 2.42. The Morgan fingerprint density at radius 3 is 2.62 bits per heavy atom. The second-order valence-corrected chi connectivity index (χ2v) is 5.13. The van der Waals surface area contributed by atoms with E-state index in [0.29, 0.717) is 6.54 Å². The van der Waals surface area contributed by atoms with Gasteiger partial charge in [-0.15, -0.1) is 0 Å². The number of imidazole rings is 1. The molecule has 0 bridgehead atoms. The number of hydrogen-bond donors (Lipinski definition) is 2. The maximum Gasteiger partial charge on any atom is 0.139 e. The van der Waals surface area contributed by atoms with Gasteiger partial charge in [-0.3, -0.25) is 0 Å². The first-order valence-electron chi connectivity index (χ1n) is 7.02. The van der Waals surface area contributed by atoms with E-state index in [1.54, 1.807) is 0 Å². The average Bonchev–Trinajstić information content (AvgIpc) is 2.98. The Morgan fingerprint density at radius 1 is 0.905 bits per heavy atom. The highest BCUT2D eigenvalue weighted by Crippen LogP contribution is 2.28. The lowest BCUT2D eigenvalue weighted by molar-refractivity contribution is 1.08. The van der Waals surface area contributed by atoms with Crippen LogP contribution in [0.4, 0.5) is 0 Å². The van der Waals surface area contributed by atoms with Crippen molar-refractivity contribution in [2.45, 2.75) is 6.54 Å². The molecule has 0 aliphatic carbocycles. The van der Waals surface area contributed by atoms with E-state index in [0.717, 1.165) is 28.0 Å². The van der Waals surface area contributed by atoms with Gasteiger partial charge in [-0.2, -0.15) is 0 Å². The van der Waals surface area contributed by atoms with Crippen LogP contribution < -0.4 is 5.73 Å². The summed E-state index contributed by atoms with van der Waals surface area (Å²) in [6.07, 6.45) is 0. The molecular weight excluding hydrogens is 258 g/mol. The smallest absolute Gasteiger partial charge is 0.139 e. The van der Waals surface area contributed by atoms with E-state index in [1.807, 2.05) is 18.2 Å². The quantitative estimate of drug-likeness (QED) is 0.583. The molecule has 0 saturated carbocycles. The van der Waals surface area contributed by atoms with Crippen LogP contribution in [0.3, 0.4) is 0 Å². The highest BCUT2D eigenvalue weighted by atomic mass is 14.9. The summed E-state index contributed by atoms with van der Waals surface area (Å²) < 4.78 is 0. The van der Waals surface area contributed by atoms with Crippen LogP contribution in [0.2, 0.25) is 0 Å². The number of aromatic nitrogens is 2. The largest absolute Gasteiger partial charge is 0.338 e. The Balaban J connectivity index is 2.01. The van der Waals surface area contributed by atoms with Gasteiger partial charge in [0.15, 0.2) is 0 Å². The van der Waals surface area contributed by atoms with Crippen LogP contribution in [-0.4, -0.2) is 9.97 Å². The highest BCUT2D eigenvalue weighted by Gasteiger charge is 2.10. The third kappa shape index (κ3) is 1.90.